The summed E-state index contributed by atoms with van der Waals surface area (Å²) in [7, 11) is 0. The monoisotopic (exact) mass is 468 g/mol. The molecular weight excluding hydrogens is 427 g/mol. The Morgan fingerprint density at radius 3 is 2.35 bits per heavy atom. The molecule has 3 nitrogen and oxygen atoms in total. The van der Waals surface area contributed by atoms with Crippen LogP contribution in [0.4, 0.5) is 4.39 Å². The third-order valence-corrected chi connectivity index (χ3v) is 6.16. The third-order valence-electron chi connectivity index (χ3n) is 6.16. The Hall–Kier alpha value is -2.62. The quantitative estimate of drug-likeness (QED) is 0.218. The molecule has 0 aromatic heterocycles. The number of carbonyl (C=O) groups is 1. The SMILES string of the molecule is CCOC(=O)/C=C(C)/C=C/C(F)=C(/CC)c1cc2c(cc1OCC)C(C)(C)CC=C2C(C)(C)C. The van der Waals surface area contributed by atoms with Crippen molar-refractivity contribution in [2.24, 2.45) is 5.41 Å². The number of hydrogen-bond donors (Lipinski definition) is 0. The molecule has 1 aliphatic carbocycles. The largest absolute Gasteiger partial charge is 0.493 e. The van der Waals surface area contributed by atoms with Crippen molar-refractivity contribution in [3.05, 3.63) is 64.5 Å². The van der Waals surface area contributed by atoms with E-state index in [0.29, 0.717) is 36.5 Å². The molecule has 0 saturated heterocycles. The maximum atomic E-state index is 15.5. The predicted octanol–water partition coefficient (Wildman–Crippen LogP) is 8.35. The van der Waals surface area contributed by atoms with Crippen molar-refractivity contribution in [2.75, 3.05) is 13.2 Å². The second-order valence-electron chi connectivity index (χ2n) is 10.4. The van der Waals surface area contributed by atoms with Crippen molar-refractivity contribution in [1.29, 1.82) is 0 Å². The van der Waals surface area contributed by atoms with Gasteiger partial charge in [0.2, 0.25) is 0 Å². The molecular formula is C30H41FO3. The van der Waals surface area contributed by atoms with E-state index in [0.717, 1.165) is 12.0 Å². The summed E-state index contributed by atoms with van der Waals surface area (Å²) in [5, 5.41) is 0. The van der Waals surface area contributed by atoms with Gasteiger partial charge in [-0.1, -0.05) is 53.7 Å². The van der Waals surface area contributed by atoms with E-state index in [4.69, 9.17) is 9.47 Å². The van der Waals surface area contributed by atoms with Crippen LogP contribution in [-0.2, 0) is 14.9 Å². The second-order valence-corrected chi connectivity index (χ2v) is 10.4. The minimum absolute atomic E-state index is 0.0286. The van der Waals surface area contributed by atoms with Crippen LogP contribution in [-0.4, -0.2) is 19.2 Å². The van der Waals surface area contributed by atoms with E-state index < -0.39 is 5.97 Å². The van der Waals surface area contributed by atoms with Gasteiger partial charge in [0.25, 0.3) is 0 Å². The number of allylic oxidation sites excluding steroid dienone is 7. The molecule has 0 unspecified atom stereocenters. The molecule has 4 heteroatoms. The lowest BCUT2D eigenvalue weighted by Crippen LogP contribution is -2.25. The van der Waals surface area contributed by atoms with Gasteiger partial charge in [-0.2, -0.15) is 0 Å². The molecule has 0 fully saturated rings. The fourth-order valence-corrected chi connectivity index (χ4v) is 4.37. The van der Waals surface area contributed by atoms with Gasteiger partial charge in [0, 0.05) is 11.6 Å². The van der Waals surface area contributed by atoms with Crippen LogP contribution in [0.1, 0.15) is 91.8 Å². The Labute approximate surface area is 205 Å². The molecule has 0 N–H and O–H groups in total. The van der Waals surface area contributed by atoms with Gasteiger partial charge in [-0.05, 0) is 90.5 Å². The molecule has 1 aromatic rings. The first kappa shape index (κ1) is 27.6. The van der Waals surface area contributed by atoms with E-state index in [1.165, 1.54) is 28.9 Å². The molecule has 0 radical (unpaired) electrons. The highest BCUT2D eigenvalue weighted by Crippen LogP contribution is 2.48. The Morgan fingerprint density at radius 2 is 1.79 bits per heavy atom. The molecule has 1 aliphatic rings. The third kappa shape index (κ3) is 6.49. The minimum Gasteiger partial charge on any atom is -0.493 e. The van der Waals surface area contributed by atoms with Gasteiger partial charge in [-0.25, -0.2) is 9.18 Å². The van der Waals surface area contributed by atoms with Crippen LogP contribution in [0.5, 0.6) is 5.75 Å². The zero-order valence-electron chi connectivity index (χ0n) is 22.4. The first-order valence-electron chi connectivity index (χ1n) is 12.3. The number of halogens is 1. The summed E-state index contributed by atoms with van der Waals surface area (Å²) in [6, 6.07) is 4.23. The number of esters is 1. The smallest absolute Gasteiger partial charge is 0.330 e. The summed E-state index contributed by atoms with van der Waals surface area (Å²) in [5.74, 6) is -0.0535. The zero-order valence-corrected chi connectivity index (χ0v) is 22.4. The summed E-state index contributed by atoms with van der Waals surface area (Å²) in [4.78, 5) is 11.7. The van der Waals surface area contributed by atoms with Crippen molar-refractivity contribution < 1.29 is 18.7 Å². The van der Waals surface area contributed by atoms with Gasteiger partial charge in [-0.15, -0.1) is 0 Å². The van der Waals surface area contributed by atoms with Crippen LogP contribution >= 0.6 is 0 Å². The van der Waals surface area contributed by atoms with Crippen LogP contribution in [0, 0.1) is 5.41 Å². The van der Waals surface area contributed by atoms with E-state index in [1.54, 1.807) is 19.9 Å². The maximum absolute atomic E-state index is 15.5. The highest BCUT2D eigenvalue weighted by Gasteiger charge is 2.34. The van der Waals surface area contributed by atoms with E-state index in [1.807, 2.05) is 13.8 Å². The van der Waals surface area contributed by atoms with Crippen LogP contribution in [0.25, 0.3) is 11.1 Å². The first-order chi connectivity index (χ1) is 15.8. The van der Waals surface area contributed by atoms with Crippen molar-refractivity contribution in [2.45, 2.75) is 80.6 Å². The van der Waals surface area contributed by atoms with E-state index in [9.17, 15) is 4.79 Å². The average molecular weight is 469 g/mol. The van der Waals surface area contributed by atoms with Crippen LogP contribution < -0.4 is 4.74 Å². The Bertz CT molecular complexity index is 1030. The van der Waals surface area contributed by atoms with Gasteiger partial charge in [0.05, 0.1) is 13.2 Å². The number of carbonyl (C=O) groups excluding carboxylic acids is 1. The number of fused-ring (bicyclic) bond motifs is 1. The second kappa shape index (κ2) is 11.2. The van der Waals surface area contributed by atoms with Crippen molar-refractivity contribution in [1.82, 2.24) is 0 Å². The summed E-state index contributed by atoms with van der Waals surface area (Å²) in [6.45, 7) is 19.4. The lowest BCUT2D eigenvalue weighted by Gasteiger charge is -2.37. The summed E-state index contributed by atoms with van der Waals surface area (Å²) in [5.41, 5.74) is 5.63. The lowest BCUT2D eigenvalue weighted by atomic mass is 9.67. The van der Waals surface area contributed by atoms with Gasteiger partial charge >= 0.3 is 5.97 Å². The topological polar surface area (TPSA) is 35.5 Å². The molecule has 2 rings (SSSR count). The molecule has 1 aromatic carbocycles. The molecule has 186 valence electrons. The molecule has 0 saturated carbocycles. The number of hydrogen-bond acceptors (Lipinski definition) is 3. The summed E-state index contributed by atoms with van der Waals surface area (Å²) >= 11 is 0. The summed E-state index contributed by atoms with van der Waals surface area (Å²) in [6.07, 6.45) is 8.19. The molecule has 0 bridgehead atoms. The van der Waals surface area contributed by atoms with Crippen molar-refractivity contribution >= 4 is 17.1 Å². The standard InChI is InChI=1S/C30H41FO3/c1-10-21(26(31)14-13-20(4)17-28(32)34-12-3)22-18-23-24(29(5,6)7)15-16-30(8,9)25(23)19-27(22)33-11-2/h13-15,17-19H,10-12,16H2,1-9H3/b14-13+,20-17+,26-21+. The molecule has 0 amide bonds. The van der Waals surface area contributed by atoms with Crippen LogP contribution in [0.2, 0.25) is 0 Å². The summed E-state index contributed by atoms with van der Waals surface area (Å²) < 4.78 is 26.5. The highest BCUT2D eigenvalue weighted by molar-refractivity contribution is 5.84. The van der Waals surface area contributed by atoms with Gasteiger partial charge in [-0.3, -0.25) is 0 Å². The number of rotatable bonds is 8. The normalized spacial score (nSPS) is 16.6. The first-order valence-corrected chi connectivity index (χ1v) is 12.3. The van der Waals surface area contributed by atoms with E-state index >= 15 is 4.39 Å². The molecule has 0 aliphatic heterocycles. The lowest BCUT2D eigenvalue weighted by molar-refractivity contribution is -0.137. The van der Waals surface area contributed by atoms with E-state index in [2.05, 4.69) is 52.8 Å². The molecule has 0 atom stereocenters. The van der Waals surface area contributed by atoms with Gasteiger partial charge in [0.15, 0.2) is 0 Å². The van der Waals surface area contributed by atoms with Crippen LogP contribution in [0.3, 0.4) is 0 Å². The molecule has 0 heterocycles. The molecule has 34 heavy (non-hydrogen) atoms. The number of ether oxygens (including phenoxy) is 2. The Morgan fingerprint density at radius 1 is 1.12 bits per heavy atom. The number of benzene rings is 1. The highest BCUT2D eigenvalue weighted by atomic mass is 19.1. The molecule has 0 spiro atoms. The average Bonchev–Trinajstić information content (AvgIpc) is 2.73. The van der Waals surface area contributed by atoms with E-state index in [-0.39, 0.29) is 16.7 Å². The van der Waals surface area contributed by atoms with Crippen molar-refractivity contribution in [3.63, 3.8) is 0 Å². The Kier molecular flexibility index (Phi) is 9.10. The van der Waals surface area contributed by atoms with Crippen molar-refractivity contribution in [3.8, 4) is 5.75 Å². The van der Waals surface area contributed by atoms with Crippen LogP contribution in [0.15, 0.2) is 47.8 Å². The fraction of sp³-hybridized carbons (Fsp3) is 0.500. The maximum Gasteiger partial charge on any atom is 0.330 e. The van der Waals surface area contributed by atoms with Gasteiger partial charge in [0.1, 0.15) is 11.6 Å². The fourth-order valence-electron chi connectivity index (χ4n) is 4.37. The minimum atomic E-state index is -0.429. The predicted molar refractivity (Wildman–Crippen MR) is 141 cm³/mol. The Balaban J connectivity index is 2.67. The van der Waals surface area contributed by atoms with Gasteiger partial charge < -0.3 is 9.47 Å². The zero-order chi connectivity index (χ0) is 25.7.